The molecule has 0 fully saturated rings. The lowest BCUT2D eigenvalue weighted by molar-refractivity contribution is 0.102. The fourth-order valence-corrected chi connectivity index (χ4v) is 4.66. The van der Waals surface area contributed by atoms with Gasteiger partial charge in [-0.3, -0.25) is 10.1 Å². The number of thiazole rings is 1. The van der Waals surface area contributed by atoms with Crippen molar-refractivity contribution in [3.05, 3.63) is 68.1 Å². The first kappa shape index (κ1) is 16.5. The average Bonchev–Trinajstić information content (AvgIpc) is 3.20. The fraction of sp³-hybridized carbons (Fsp3) is 0. The third-order valence-electron chi connectivity index (χ3n) is 3.67. The number of rotatable bonds is 3. The fourth-order valence-electron chi connectivity index (χ4n) is 2.47. The maximum absolute atomic E-state index is 12.5. The van der Waals surface area contributed by atoms with Gasteiger partial charge in [0.15, 0.2) is 5.13 Å². The zero-order valence-corrected chi connectivity index (χ0v) is 15.8. The van der Waals surface area contributed by atoms with E-state index in [0.717, 1.165) is 16.3 Å². The number of nitrogens with one attached hydrogen (secondary N) is 1. The first-order valence-corrected chi connectivity index (χ1v) is 9.76. The quantitative estimate of drug-likeness (QED) is 0.418. The zero-order chi connectivity index (χ0) is 17.4. The molecule has 2 aromatic heterocycles. The van der Waals surface area contributed by atoms with Crippen molar-refractivity contribution in [2.75, 3.05) is 5.32 Å². The molecule has 0 unspecified atom stereocenters. The molecule has 0 bridgehead atoms. The van der Waals surface area contributed by atoms with Crippen LogP contribution in [0.1, 0.15) is 10.4 Å². The van der Waals surface area contributed by atoms with E-state index in [1.807, 2.05) is 47.8 Å². The van der Waals surface area contributed by atoms with E-state index in [1.54, 1.807) is 6.07 Å². The number of carbonyl (C=O) groups excluding carboxylic acids is 1. The van der Waals surface area contributed by atoms with Crippen molar-refractivity contribution in [2.24, 2.45) is 0 Å². The molecule has 4 aromatic rings. The van der Waals surface area contributed by atoms with Crippen LogP contribution in [-0.2, 0) is 0 Å². The van der Waals surface area contributed by atoms with E-state index in [4.69, 9.17) is 23.2 Å². The monoisotopic (exact) mass is 404 g/mol. The molecule has 1 N–H and O–H groups in total. The van der Waals surface area contributed by atoms with Crippen molar-refractivity contribution in [1.29, 1.82) is 0 Å². The molecule has 3 nitrogen and oxygen atoms in total. The Labute approximate surface area is 161 Å². The summed E-state index contributed by atoms with van der Waals surface area (Å²) in [5.74, 6) is -0.193. The molecule has 0 aliphatic rings. The third kappa shape index (κ3) is 3.41. The van der Waals surface area contributed by atoms with Gasteiger partial charge in [-0.25, -0.2) is 4.98 Å². The summed E-state index contributed by atoms with van der Waals surface area (Å²) in [5.41, 5.74) is 2.07. The van der Waals surface area contributed by atoms with E-state index in [0.29, 0.717) is 25.1 Å². The van der Waals surface area contributed by atoms with Crippen molar-refractivity contribution < 1.29 is 4.79 Å². The molecule has 7 heteroatoms. The lowest BCUT2D eigenvalue weighted by Crippen LogP contribution is -2.11. The Bertz CT molecular complexity index is 1090. The summed E-state index contributed by atoms with van der Waals surface area (Å²) in [6.07, 6.45) is 0. The molecule has 0 spiro atoms. The van der Waals surface area contributed by atoms with Crippen molar-refractivity contribution >= 4 is 67.7 Å². The molecule has 4 rings (SSSR count). The maximum Gasteiger partial charge on any atom is 0.257 e. The molecule has 1 amide bonds. The molecule has 25 heavy (non-hydrogen) atoms. The van der Waals surface area contributed by atoms with E-state index in [-0.39, 0.29) is 5.91 Å². The number of carbonyl (C=O) groups is 1. The Morgan fingerprint density at radius 1 is 1.04 bits per heavy atom. The van der Waals surface area contributed by atoms with Gasteiger partial charge in [-0.1, -0.05) is 53.5 Å². The number of anilines is 1. The van der Waals surface area contributed by atoms with Crippen molar-refractivity contribution in [1.82, 2.24) is 4.98 Å². The zero-order valence-electron chi connectivity index (χ0n) is 12.6. The molecule has 0 radical (unpaired) electrons. The lowest BCUT2D eigenvalue weighted by Gasteiger charge is -2.03. The van der Waals surface area contributed by atoms with Gasteiger partial charge in [-0.2, -0.15) is 0 Å². The Morgan fingerprint density at radius 2 is 1.84 bits per heavy atom. The molecule has 2 heterocycles. The summed E-state index contributed by atoms with van der Waals surface area (Å²) in [5, 5.41) is 7.32. The van der Waals surface area contributed by atoms with Gasteiger partial charge in [0.25, 0.3) is 5.91 Å². The molecular weight excluding hydrogens is 395 g/mol. The van der Waals surface area contributed by atoms with E-state index < -0.39 is 0 Å². The standard InChI is InChI=1S/C18H10Cl2N2OS2/c19-15-8-13(16(20)25-15)14-9-24-18(21-14)22-17(23)12-6-5-10-3-1-2-4-11(10)7-12/h1-9H,(H,21,22,23). The maximum atomic E-state index is 12.5. The van der Waals surface area contributed by atoms with Gasteiger partial charge in [0.05, 0.1) is 10.0 Å². The topological polar surface area (TPSA) is 42.0 Å². The number of hydrogen-bond acceptors (Lipinski definition) is 4. The number of benzene rings is 2. The molecule has 0 saturated carbocycles. The third-order valence-corrected chi connectivity index (χ3v) is 5.91. The predicted octanol–water partition coefficient (Wildman–Crippen LogP) is 6.58. The van der Waals surface area contributed by atoms with Crippen LogP contribution in [0.2, 0.25) is 8.67 Å². The molecule has 0 aliphatic heterocycles. The largest absolute Gasteiger partial charge is 0.298 e. The minimum absolute atomic E-state index is 0.193. The van der Waals surface area contributed by atoms with Crippen LogP contribution in [0.25, 0.3) is 22.0 Å². The van der Waals surface area contributed by atoms with Crippen molar-refractivity contribution in [3.8, 4) is 11.3 Å². The molecule has 0 aliphatic carbocycles. The van der Waals surface area contributed by atoms with Gasteiger partial charge in [-0.15, -0.1) is 22.7 Å². The van der Waals surface area contributed by atoms with E-state index in [1.165, 1.54) is 22.7 Å². The highest BCUT2D eigenvalue weighted by molar-refractivity contribution is 7.20. The number of halogens is 2. The minimum Gasteiger partial charge on any atom is -0.298 e. The van der Waals surface area contributed by atoms with Gasteiger partial charge in [0, 0.05) is 16.5 Å². The number of aromatic nitrogens is 1. The van der Waals surface area contributed by atoms with E-state index in [2.05, 4.69) is 10.3 Å². The van der Waals surface area contributed by atoms with Crippen LogP contribution in [0, 0.1) is 0 Å². The minimum atomic E-state index is -0.193. The SMILES string of the molecule is O=C(Nc1nc(-c2cc(Cl)sc2Cl)cs1)c1ccc2ccccc2c1. The highest BCUT2D eigenvalue weighted by Crippen LogP contribution is 2.39. The second kappa shape index (κ2) is 6.77. The van der Waals surface area contributed by atoms with Crippen LogP contribution in [0.4, 0.5) is 5.13 Å². The summed E-state index contributed by atoms with van der Waals surface area (Å²) in [4.78, 5) is 16.9. The highest BCUT2D eigenvalue weighted by Gasteiger charge is 2.14. The Hall–Kier alpha value is -1.92. The second-order valence-corrected chi connectivity index (χ2v) is 8.44. The van der Waals surface area contributed by atoms with Crippen molar-refractivity contribution in [2.45, 2.75) is 0 Å². The number of hydrogen-bond donors (Lipinski definition) is 1. The highest BCUT2D eigenvalue weighted by atomic mass is 35.5. The molecule has 0 atom stereocenters. The van der Waals surface area contributed by atoms with Crippen LogP contribution in [0.15, 0.2) is 53.9 Å². The summed E-state index contributed by atoms with van der Waals surface area (Å²) in [6.45, 7) is 0. The number of nitrogens with zero attached hydrogens (tertiary/aromatic N) is 1. The van der Waals surface area contributed by atoms with Gasteiger partial charge in [0.1, 0.15) is 4.34 Å². The number of fused-ring (bicyclic) bond motifs is 1. The second-order valence-electron chi connectivity index (χ2n) is 5.29. The van der Waals surface area contributed by atoms with Crippen molar-refractivity contribution in [3.63, 3.8) is 0 Å². The van der Waals surface area contributed by atoms with Gasteiger partial charge < -0.3 is 0 Å². The van der Waals surface area contributed by atoms with Crippen LogP contribution < -0.4 is 5.32 Å². The van der Waals surface area contributed by atoms with Crippen LogP contribution in [0.5, 0.6) is 0 Å². The molecule has 0 saturated heterocycles. The molecule has 2 aromatic carbocycles. The van der Waals surface area contributed by atoms with Gasteiger partial charge >= 0.3 is 0 Å². The Morgan fingerprint density at radius 3 is 2.60 bits per heavy atom. The average molecular weight is 405 g/mol. The molecular formula is C18H10Cl2N2OS2. The first-order valence-electron chi connectivity index (χ1n) is 7.31. The van der Waals surface area contributed by atoms with E-state index in [9.17, 15) is 4.79 Å². The summed E-state index contributed by atoms with van der Waals surface area (Å²) < 4.78 is 1.19. The van der Waals surface area contributed by atoms with Gasteiger partial charge in [-0.05, 0) is 29.0 Å². The summed E-state index contributed by atoms with van der Waals surface area (Å²) in [7, 11) is 0. The Kier molecular flexibility index (Phi) is 4.48. The van der Waals surface area contributed by atoms with Crippen LogP contribution in [-0.4, -0.2) is 10.9 Å². The Balaban J connectivity index is 1.57. The van der Waals surface area contributed by atoms with Gasteiger partial charge in [0.2, 0.25) is 0 Å². The van der Waals surface area contributed by atoms with Crippen LogP contribution >= 0.6 is 45.9 Å². The lowest BCUT2D eigenvalue weighted by atomic mass is 10.1. The predicted molar refractivity (Wildman–Crippen MR) is 107 cm³/mol. The summed E-state index contributed by atoms with van der Waals surface area (Å²) in [6, 6.07) is 15.3. The number of amides is 1. The molecule has 124 valence electrons. The normalized spacial score (nSPS) is 11.0. The summed E-state index contributed by atoms with van der Waals surface area (Å²) >= 11 is 14.8. The first-order chi connectivity index (χ1) is 12.1. The number of thiophene rings is 1. The smallest absolute Gasteiger partial charge is 0.257 e. The van der Waals surface area contributed by atoms with Crippen LogP contribution in [0.3, 0.4) is 0 Å². The van der Waals surface area contributed by atoms with E-state index >= 15 is 0 Å².